The fraction of sp³-hybridized carbons (Fsp3) is 0.182. The molecule has 0 aliphatic heterocycles. The highest BCUT2D eigenvalue weighted by Gasteiger charge is 2.34. The molecule has 0 bridgehead atoms. The van der Waals surface area contributed by atoms with Gasteiger partial charge in [0.1, 0.15) is 0 Å². The molecule has 0 radical (unpaired) electrons. The van der Waals surface area contributed by atoms with Crippen LogP contribution in [0.1, 0.15) is 40.3 Å². The molecule has 12 heteroatoms. The fourth-order valence-electron chi connectivity index (χ4n) is 2.92. The van der Waals surface area contributed by atoms with Crippen LogP contribution in [0.5, 0.6) is 0 Å². The number of anilines is 2. The Morgan fingerprint density at radius 3 is 2.18 bits per heavy atom. The van der Waals surface area contributed by atoms with E-state index >= 15 is 0 Å². The maximum atomic E-state index is 13.6. The van der Waals surface area contributed by atoms with Crippen molar-refractivity contribution in [3.8, 4) is 0 Å². The van der Waals surface area contributed by atoms with Gasteiger partial charge in [0.05, 0.1) is 22.4 Å². The molecule has 1 heterocycles. The summed E-state index contributed by atoms with van der Waals surface area (Å²) < 4.78 is 72.5. The van der Waals surface area contributed by atoms with E-state index in [1.807, 2.05) is 0 Å². The van der Waals surface area contributed by atoms with Gasteiger partial charge in [-0.15, -0.1) is 0 Å². The lowest BCUT2D eigenvalue weighted by molar-refractivity contribution is -0.136. The molecular formula is C22H20F3N3O5S. The summed E-state index contributed by atoms with van der Waals surface area (Å²) in [5.41, 5.74) is -1.92. The third-order valence-electron chi connectivity index (χ3n) is 4.39. The Hall–Kier alpha value is -3.64. The molecule has 0 saturated heterocycles. The van der Waals surface area contributed by atoms with E-state index in [9.17, 15) is 31.2 Å². The molecule has 3 aromatic rings. The van der Waals surface area contributed by atoms with E-state index in [1.165, 1.54) is 48.7 Å². The molecule has 34 heavy (non-hydrogen) atoms. The molecule has 0 spiro atoms. The highest BCUT2D eigenvalue weighted by molar-refractivity contribution is 7.89. The van der Waals surface area contributed by atoms with Gasteiger partial charge in [-0.2, -0.15) is 13.2 Å². The van der Waals surface area contributed by atoms with Gasteiger partial charge in [0.25, 0.3) is 11.8 Å². The first kappa shape index (κ1) is 25.0. The highest BCUT2D eigenvalue weighted by Crippen LogP contribution is 2.37. The molecule has 0 aliphatic carbocycles. The van der Waals surface area contributed by atoms with Gasteiger partial charge in [-0.05, 0) is 68.4 Å². The SMILES string of the molecule is CC(C)NS(=O)(=O)c1ccc(C(=O)Nc2ccc(NC(=O)c3ccco3)cc2C(F)(F)F)cc1. The molecule has 3 rings (SSSR count). The smallest absolute Gasteiger partial charge is 0.418 e. The molecule has 1 aromatic heterocycles. The Morgan fingerprint density at radius 2 is 1.62 bits per heavy atom. The molecule has 0 fully saturated rings. The van der Waals surface area contributed by atoms with Gasteiger partial charge >= 0.3 is 6.18 Å². The topological polar surface area (TPSA) is 118 Å². The minimum absolute atomic E-state index is 0.0492. The maximum Gasteiger partial charge on any atom is 0.418 e. The quantitative estimate of drug-likeness (QED) is 0.447. The number of furan rings is 1. The van der Waals surface area contributed by atoms with Crippen molar-refractivity contribution in [2.24, 2.45) is 0 Å². The van der Waals surface area contributed by atoms with Crippen molar-refractivity contribution < 1.29 is 35.6 Å². The monoisotopic (exact) mass is 495 g/mol. The van der Waals surface area contributed by atoms with Crippen LogP contribution in [0.25, 0.3) is 0 Å². The van der Waals surface area contributed by atoms with Gasteiger partial charge in [-0.3, -0.25) is 9.59 Å². The van der Waals surface area contributed by atoms with Crippen molar-refractivity contribution in [2.45, 2.75) is 31.0 Å². The third kappa shape index (κ3) is 6.02. The van der Waals surface area contributed by atoms with Gasteiger partial charge in [-0.25, -0.2) is 13.1 Å². The number of halogens is 3. The first-order valence-corrected chi connectivity index (χ1v) is 11.3. The van der Waals surface area contributed by atoms with E-state index in [0.29, 0.717) is 6.07 Å². The number of nitrogens with one attached hydrogen (secondary N) is 3. The van der Waals surface area contributed by atoms with Crippen molar-refractivity contribution >= 4 is 33.2 Å². The molecule has 3 N–H and O–H groups in total. The first-order chi connectivity index (χ1) is 15.9. The predicted molar refractivity (Wildman–Crippen MR) is 118 cm³/mol. The summed E-state index contributed by atoms with van der Waals surface area (Å²) in [5.74, 6) is -1.70. The highest BCUT2D eigenvalue weighted by atomic mass is 32.2. The van der Waals surface area contributed by atoms with Crippen molar-refractivity contribution in [1.29, 1.82) is 0 Å². The Morgan fingerprint density at radius 1 is 0.941 bits per heavy atom. The number of amides is 2. The number of carbonyl (C=O) groups excluding carboxylic acids is 2. The Kier molecular flexibility index (Phi) is 7.12. The van der Waals surface area contributed by atoms with Crippen molar-refractivity contribution in [2.75, 3.05) is 10.6 Å². The van der Waals surface area contributed by atoms with E-state index in [0.717, 1.165) is 6.07 Å². The zero-order chi connectivity index (χ0) is 25.1. The van der Waals surface area contributed by atoms with Gasteiger partial charge in [0, 0.05) is 17.3 Å². The lowest BCUT2D eigenvalue weighted by atomic mass is 10.1. The molecule has 0 unspecified atom stereocenters. The lowest BCUT2D eigenvalue weighted by Crippen LogP contribution is -2.30. The van der Waals surface area contributed by atoms with E-state index < -0.39 is 39.3 Å². The maximum absolute atomic E-state index is 13.6. The van der Waals surface area contributed by atoms with Crippen LogP contribution in [0, 0.1) is 0 Å². The van der Waals surface area contributed by atoms with E-state index in [-0.39, 0.29) is 27.9 Å². The van der Waals surface area contributed by atoms with E-state index in [1.54, 1.807) is 13.8 Å². The summed E-state index contributed by atoms with van der Waals surface area (Å²) in [6.45, 7) is 3.29. The average molecular weight is 495 g/mol. The largest absolute Gasteiger partial charge is 0.459 e. The average Bonchev–Trinajstić information content (AvgIpc) is 3.28. The Bertz CT molecular complexity index is 1290. The fourth-order valence-corrected chi connectivity index (χ4v) is 4.18. The number of hydrogen-bond donors (Lipinski definition) is 3. The molecule has 8 nitrogen and oxygen atoms in total. The minimum atomic E-state index is -4.84. The van der Waals surface area contributed by atoms with Gasteiger partial charge < -0.3 is 15.1 Å². The Balaban J connectivity index is 1.81. The van der Waals surface area contributed by atoms with Crippen molar-refractivity contribution in [1.82, 2.24) is 4.72 Å². The number of benzene rings is 2. The van der Waals surface area contributed by atoms with Gasteiger partial charge in [-0.1, -0.05) is 0 Å². The van der Waals surface area contributed by atoms with Crippen LogP contribution in [0.15, 0.2) is 70.2 Å². The van der Waals surface area contributed by atoms with Crippen LogP contribution in [-0.4, -0.2) is 26.3 Å². The lowest BCUT2D eigenvalue weighted by Gasteiger charge is -2.16. The second-order valence-corrected chi connectivity index (χ2v) is 9.16. The third-order valence-corrected chi connectivity index (χ3v) is 6.07. The number of hydrogen-bond acceptors (Lipinski definition) is 5. The molecule has 2 amide bonds. The normalized spacial score (nSPS) is 11.9. The number of carbonyl (C=O) groups is 2. The molecule has 180 valence electrons. The Labute approximate surface area is 193 Å². The minimum Gasteiger partial charge on any atom is -0.459 e. The number of sulfonamides is 1. The van der Waals surface area contributed by atoms with Crippen LogP contribution in [0.4, 0.5) is 24.5 Å². The predicted octanol–water partition coefficient (Wildman–Crippen LogP) is 4.49. The summed E-state index contributed by atoms with van der Waals surface area (Å²) in [5, 5.41) is 4.47. The van der Waals surface area contributed by atoms with Crippen LogP contribution in [0.2, 0.25) is 0 Å². The number of rotatable bonds is 7. The van der Waals surface area contributed by atoms with E-state index in [4.69, 9.17) is 4.42 Å². The van der Waals surface area contributed by atoms with Gasteiger partial charge in [0.15, 0.2) is 5.76 Å². The van der Waals surface area contributed by atoms with Crippen molar-refractivity contribution in [3.05, 3.63) is 77.7 Å². The molecule has 0 atom stereocenters. The van der Waals surface area contributed by atoms with Crippen LogP contribution < -0.4 is 15.4 Å². The molecule has 0 aliphatic rings. The summed E-state index contributed by atoms with van der Waals surface area (Å²) in [4.78, 5) is 24.5. The zero-order valence-electron chi connectivity index (χ0n) is 17.9. The summed E-state index contributed by atoms with van der Waals surface area (Å²) in [6, 6.07) is 10.1. The zero-order valence-corrected chi connectivity index (χ0v) is 18.8. The molecule has 0 saturated carbocycles. The van der Waals surface area contributed by atoms with E-state index in [2.05, 4.69) is 15.4 Å². The van der Waals surface area contributed by atoms with Crippen LogP contribution >= 0.6 is 0 Å². The summed E-state index contributed by atoms with van der Waals surface area (Å²) in [6.07, 6.45) is -3.59. The molecule has 2 aromatic carbocycles. The molecular weight excluding hydrogens is 475 g/mol. The number of alkyl halides is 3. The second-order valence-electron chi connectivity index (χ2n) is 7.44. The van der Waals surface area contributed by atoms with Gasteiger partial charge in [0.2, 0.25) is 10.0 Å². The van der Waals surface area contributed by atoms with Crippen LogP contribution in [0.3, 0.4) is 0 Å². The standard InChI is InChI=1S/C22H20F3N3O5S/c1-13(2)28-34(31,32)16-8-5-14(6-9-16)20(29)27-18-10-7-15(12-17(18)22(23,24)25)26-21(30)19-4-3-11-33-19/h3-13,28H,1-2H3,(H,26,30)(H,27,29). The van der Waals surface area contributed by atoms with Crippen LogP contribution in [-0.2, 0) is 16.2 Å². The second kappa shape index (κ2) is 9.69. The summed E-state index contributed by atoms with van der Waals surface area (Å²) >= 11 is 0. The van der Waals surface area contributed by atoms with Crippen molar-refractivity contribution in [3.63, 3.8) is 0 Å². The summed E-state index contributed by atoms with van der Waals surface area (Å²) in [7, 11) is -3.79. The first-order valence-electron chi connectivity index (χ1n) is 9.86.